The van der Waals surface area contributed by atoms with E-state index in [2.05, 4.69) is 21.7 Å². The first-order valence-corrected chi connectivity index (χ1v) is 13.2. The minimum atomic E-state index is -0.995. The summed E-state index contributed by atoms with van der Waals surface area (Å²) >= 11 is 5.74. The molecule has 2 atom stereocenters. The Morgan fingerprint density at radius 3 is 2.58 bits per heavy atom. The Morgan fingerprint density at radius 2 is 1.85 bits per heavy atom. The molecule has 4 aromatic rings. The molecule has 3 heterocycles. The molecule has 2 aromatic heterocycles. The van der Waals surface area contributed by atoms with Crippen LogP contribution < -0.4 is 10.6 Å². The molecule has 1 aliphatic heterocycles. The van der Waals surface area contributed by atoms with E-state index < -0.39 is 11.8 Å². The van der Waals surface area contributed by atoms with Gasteiger partial charge in [-0.15, -0.1) is 0 Å². The van der Waals surface area contributed by atoms with Gasteiger partial charge in [0.1, 0.15) is 5.82 Å². The van der Waals surface area contributed by atoms with Gasteiger partial charge < -0.3 is 25.2 Å². The van der Waals surface area contributed by atoms with Crippen molar-refractivity contribution in [3.05, 3.63) is 113 Å². The van der Waals surface area contributed by atoms with Gasteiger partial charge in [0.25, 0.3) is 0 Å². The fourth-order valence-corrected chi connectivity index (χ4v) is 5.58. The third-order valence-corrected chi connectivity index (χ3v) is 7.42. The first-order chi connectivity index (χ1) is 19.2. The second-order valence-corrected chi connectivity index (χ2v) is 10.0. The Labute approximate surface area is 236 Å². The molecule has 204 valence electrons. The summed E-state index contributed by atoms with van der Waals surface area (Å²) in [5.74, 6) is -1.82. The highest BCUT2D eigenvalue weighted by Gasteiger charge is 2.41. The number of carbonyl (C=O) groups excluding carboxylic acids is 1. The Kier molecular flexibility index (Phi) is 7.61. The SMILES string of the molecule is Cc1cc([C@@H]2[C@H](c3ccccn3)NC(=S)N2CCC(=O)Nc2ccccc2F)c(C)n1-c1cccc(C(=O)O)c1. The Morgan fingerprint density at radius 1 is 1.07 bits per heavy atom. The molecule has 2 aromatic carbocycles. The van der Waals surface area contributed by atoms with Crippen molar-refractivity contribution in [3.8, 4) is 5.69 Å². The van der Waals surface area contributed by atoms with Crippen molar-refractivity contribution >= 4 is 34.9 Å². The number of carboxylic acids is 1. The number of rotatable bonds is 8. The molecule has 0 radical (unpaired) electrons. The van der Waals surface area contributed by atoms with Crippen LogP contribution in [0.4, 0.5) is 10.1 Å². The molecule has 10 heteroatoms. The number of hydrogen-bond acceptors (Lipinski definition) is 4. The van der Waals surface area contributed by atoms with E-state index in [1.54, 1.807) is 36.5 Å². The fourth-order valence-electron chi connectivity index (χ4n) is 5.24. The van der Waals surface area contributed by atoms with Crippen LogP contribution in [0.1, 0.15) is 51.5 Å². The third-order valence-electron chi connectivity index (χ3n) is 7.07. The lowest BCUT2D eigenvalue weighted by molar-refractivity contribution is -0.116. The zero-order chi connectivity index (χ0) is 28.4. The molecular formula is C30H28FN5O3S. The number of carbonyl (C=O) groups is 2. The number of nitrogens with one attached hydrogen (secondary N) is 2. The highest BCUT2D eigenvalue weighted by atomic mass is 32.1. The molecule has 0 bridgehead atoms. The summed E-state index contributed by atoms with van der Waals surface area (Å²) in [6, 6.07) is 20.0. The summed E-state index contributed by atoms with van der Waals surface area (Å²) in [4.78, 5) is 30.9. The lowest BCUT2D eigenvalue weighted by Gasteiger charge is -2.28. The number of aromatic nitrogens is 2. The van der Waals surface area contributed by atoms with E-state index >= 15 is 0 Å². The van der Waals surface area contributed by atoms with E-state index in [0.717, 1.165) is 28.3 Å². The van der Waals surface area contributed by atoms with Crippen molar-refractivity contribution in [1.29, 1.82) is 0 Å². The van der Waals surface area contributed by atoms with Crippen LogP contribution in [0.3, 0.4) is 0 Å². The number of carboxylic acid groups (broad SMARTS) is 1. The third kappa shape index (κ3) is 5.30. The fraction of sp³-hybridized carbons (Fsp3) is 0.200. The van der Waals surface area contributed by atoms with Crippen LogP contribution in [-0.4, -0.2) is 43.1 Å². The second-order valence-electron chi connectivity index (χ2n) is 9.62. The second kappa shape index (κ2) is 11.3. The molecule has 0 spiro atoms. The van der Waals surface area contributed by atoms with E-state index in [0.29, 0.717) is 5.11 Å². The summed E-state index contributed by atoms with van der Waals surface area (Å²) in [6.07, 6.45) is 1.81. The van der Waals surface area contributed by atoms with Crippen molar-refractivity contribution < 1.29 is 19.1 Å². The van der Waals surface area contributed by atoms with Crippen LogP contribution >= 0.6 is 12.2 Å². The van der Waals surface area contributed by atoms with Gasteiger partial charge in [-0.1, -0.05) is 24.3 Å². The van der Waals surface area contributed by atoms with E-state index in [1.165, 1.54) is 12.1 Å². The number of halogens is 1. The first-order valence-electron chi connectivity index (χ1n) is 12.8. The highest BCUT2D eigenvalue weighted by Crippen LogP contribution is 2.41. The smallest absolute Gasteiger partial charge is 0.335 e. The monoisotopic (exact) mass is 557 g/mol. The van der Waals surface area contributed by atoms with Crippen LogP contribution in [0.5, 0.6) is 0 Å². The maximum atomic E-state index is 14.1. The summed E-state index contributed by atoms with van der Waals surface area (Å²) in [7, 11) is 0. The average molecular weight is 558 g/mol. The van der Waals surface area contributed by atoms with E-state index in [1.807, 2.05) is 47.6 Å². The zero-order valence-electron chi connectivity index (χ0n) is 22.0. The number of anilines is 1. The molecule has 1 fully saturated rings. The first kappa shape index (κ1) is 27.0. The zero-order valence-corrected chi connectivity index (χ0v) is 22.8. The Balaban J connectivity index is 1.49. The van der Waals surface area contributed by atoms with Gasteiger partial charge in [-0.25, -0.2) is 9.18 Å². The summed E-state index contributed by atoms with van der Waals surface area (Å²) < 4.78 is 16.1. The number of hydrogen-bond donors (Lipinski definition) is 3. The van der Waals surface area contributed by atoms with Crippen molar-refractivity contribution in [2.45, 2.75) is 32.4 Å². The van der Waals surface area contributed by atoms with Gasteiger partial charge in [0.2, 0.25) is 5.91 Å². The summed E-state index contributed by atoms with van der Waals surface area (Å²) in [5, 5.41) is 16.0. The predicted molar refractivity (Wildman–Crippen MR) is 154 cm³/mol. The molecule has 1 aliphatic rings. The average Bonchev–Trinajstić information content (AvgIpc) is 3.43. The van der Waals surface area contributed by atoms with Crippen molar-refractivity contribution in [1.82, 2.24) is 19.8 Å². The quantitative estimate of drug-likeness (QED) is 0.252. The Hall–Kier alpha value is -4.57. The van der Waals surface area contributed by atoms with Crippen LogP contribution in [0, 0.1) is 19.7 Å². The number of amides is 1. The van der Waals surface area contributed by atoms with Gasteiger partial charge in [0, 0.05) is 36.2 Å². The molecule has 1 amide bonds. The molecular weight excluding hydrogens is 529 g/mol. The predicted octanol–water partition coefficient (Wildman–Crippen LogP) is 5.33. The number of aromatic carboxylic acids is 1. The molecule has 0 aliphatic carbocycles. The largest absolute Gasteiger partial charge is 0.478 e. The summed E-state index contributed by atoms with van der Waals surface area (Å²) in [6.45, 7) is 4.24. The number of thiocarbonyl (C=S) groups is 1. The molecule has 40 heavy (non-hydrogen) atoms. The molecule has 5 rings (SSSR count). The van der Waals surface area contributed by atoms with Crippen molar-refractivity contribution in [3.63, 3.8) is 0 Å². The van der Waals surface area contributed by atoms with Crippen LogP contribution in [0.15, 0.2) is 79.0 Å². The minimum Gasteiger partial charge on any atom is -0.478 e. The van der Waals surface area contributed by atoms with Gasteiger partial charge in [-0.3, -0.25) is 9.78 Å². The maximum absolute atomic E-state index is 14.1. The van der Waals surface area contributed by atoms with Crippen molar-refractivity contribution in [2.24, 2.45) is 0 Å². The number of benzene rings is 2. The molecule has 0 unspecified atom stereocenters. The lowest BCUT2D eigenvalue weighted by Crippen LogP contribution is -2.33. The molecule has 3 N–H and O–H groups in total. The van der Waals surface area contributed by atoms with E-state index in [4.69, 9.17) is 12.2 Å². The number of aryl methyl sites for hydroxylation is 1. The molecule has 8 nitrogen and oxygen atoms in total. The number of pyridine rings is 1. The minimum absolute atomic E-state index is 0.0843. The standard InChI is InChI=1S/C30H28FN5O3S/c1-18-16-22(19(2)36(18)21-9-7-8-20(17-21)29(38)39)28-27(25-12-5-6-14-32-25)34-30(40)35(28)15-13-26(37)33-24-11-4-3-10-23(24)31/h3-12,14,16-17,27-28H,13,15H2,1-2H3,(H,33,37)(H,34,40)(H,38,39)/t27-,28+/m0/s1. The number of nitrogens with zero attached hydrogens (tertiary/aromatic N) is 3. The van der Waals surface area contributed by atoms with Crippen molar-refractivity contribution in [2.75, 3.05) is 11.9 Å². The van der Waals surface area contributed by atoms with Crippen LogP contribution in [0.2, 0.25) is 0 Å². The number of para-hydroxylation sites is 1. The van der Waals surface area contributed by atoms with Gasteiger partial charge >= 0.3 is 5.97 Å². The van der Waals surface area contributed by atoms with E-state index in [9.17, 15) is 19.1 Å². The van der Waals surface area contributed by atoms with Crippen LogP contribution in [0.25, 0.3) is 5.69 Å². The lowest BCUT2D eigenvalue weighted by atomic mass is 9.96. The topological polar surface area (TPSA) is 99.5 Å². The molecule has 1 saturated heterocycles. The summed E-state index contributed by atoms with van der Waals surface area (Å²) in [5.41, 5.74) is 4.67. The van der Waals surface area contributed by atoms with E-state index in [-0.39, 0.29) is 42.2 Å². The normalized spacial score (nSPS) is 16.6. The van der Waals surface area contributed by atoms with Gasteiger partial charge in [0.05, 0.1) is 29.0 Å². The Bertz CT molecular complexity index is 1590. The van der Waals surface area contributed by atoms with Gasteiger partial charge in [0.15, 0.2) is 5.11 Å². The van der Waals surface area contributed by atoms with Gasteiger partial charge in [-0.2, -0.15) is 0 Å². The maximum Gasteiger partial charge on any atom is 0.335 e. The highest BCUT2D eigenvalue weighted by molar-refractivity contribution is 7.80. The molecule has 0 saturated carbocycles. The van der Waals surface area contributed by atoms with Gasteiger partial charge in [-0.05, 0) is 80.2 Å². The van der Waals surface area contributed by atoms with Crippen LogP contribution in [-0.2, 0) is 4.79 Å².